The molecule has 1 heterocycles. The van der Waals surface area contributed by atoms with E-state index in [1.807, 2.05) is 12.1 Å². The maximum Gasteiger partial charge on any atom is 0.248 e. The van der Waals surface area contributed by atoms with Crippen molar-refractivity contribution in [2.45, 2.75) is 25.9 Å². The van der Waals surface area contributed by atoms with Crippen molar-refractivity contribution in [2.75, 3.05) is 19.6 Å². The molecule has 0 spiro atoms. The van der Waals surface area contributed by atoms with Crippen molar-refractivity contribution in [2.24, 2.45) is 5.73 Å². The zero-order valence-corrected chi connectivity index (χ0v) is 14.2. The van der Waals surface area contributed by atoms with E-state index < -0.39 is 0 Å². The Morgan fingerprint density at radius 2 is 2.00 bits per heavy atom. The van der Waals surface area contributed by atoms with Gasteiger partial charge < -0.3 is 11.1 Å². The first-order valence-corrected chi connectivity index (χ1v) is 8.59. The summed E-state index contributed by atoms with van der Waals surface area (Å²) in [6.45, 7) is 5.92. The van der Waals surface area contributed by atoms with Gasteiger partial charge in [0, 0.05) is 37.8 Å². The van der Waals surface area contributed by atoms with Gasteiger partial charge in [0.2, 0.25) is 5.91 Å². The number of benzene rings is 2. The Hall–Kier alpha value is -2.17. The van der Waals surface area contributed by atoms with Gasteiger partial charge in [0.25, 0.3) is 0 Å². The van der Waals surface area contributed by atoms with Crippen LogP contribution in [-0.2, 0) is 13.0 Å². The predicted molar refractivity (Wildman–Crippen MR) is 96.8 cm³/mol. The summed E-state index contributed by atoms with van der Waals surface area (Å²) in [4.78, 5) is 13.9. The second-order valence-corrected chi connectivity index (χ2v) is 6.35. The van der Waals surface area contributed by atoms with E-state index in [-0.39, 0.29) is 5.91 Å². The van der Waals surface area contributed by atoms with E-state index in [0.717, 1.165) is 38.2 Å². The minimum absolute atomic E-state index is 0.349. The Labute approximate surface area is 143 Å². The first kappa shape index (κ1) is 16.7. The molecule has 3 rings (SSSR count). The van der Waals surface area contributed by atoms with Crippen molar-refractivity contribution in [1.82, 2.24) is 10.2 Å². The van der Waals surface area contributed by atoms with Crippen molar-refractivity contribution < 1.29 is 4.79 Å². The van der Waals surface area contributed by atoms with E-state index in [2.05, 4.69) is 47.5 Å². The van der Waals surface area contributed by atoms with Gasteiger partial charge in [0.15, 0.2) is 0 Å². The highest BCUT2D eigenvalue weighted by atomic mass is 16.1. The largest absolute Gasteiger partial charge is 0.366 e. The van der Waals surface area contributed by atoms with Crippen LogP contribution in [0.15, 0.2) is 48.5 Å². The molecule has 126 valence electrons. The van der Waals surface area contributed by atoms with Gasteiger partial charge in [-0.25, -0.2) is 0 Å². The Morgan fingerprint density at radius 1 is 1.21 bits per heavy atom. The molecule has 0 bridgehead atoms. The SMILES string of the molecule is CCc1ccc(C2CNCCN2Cc2cccc(C(N)=O)c2)cc1. The molecule has 0 saturated carbocycles. The minimum Gasteiger partial charge on any atom is -0.366 e. The average Bonchev–Trinajstić information content (AvgIpc) is 2.62. The highest BCUT2D eigenvalue weighted by Crippen LogP contribution is 2.25. The van der Waals surface area contributed by atoms with Crippen LogP contribution in [0.1, 0.15) is 40.0 Å². The minimum atomic E-state index is -0.371. The number of hydrogen-bond donors (Lipinski definition) is 2. The topological polar surface area (TPSA) is 58.4 Å². The highest BCUT2D eigenvalue weighted by molar-refractivity contribution is 5.92. The fraction of sp³-hybridized carbons (Fsp3) is 0.350. The number of carbonyl (C=O) groups excluding carboxylic acids is 1. The molecule has 1 unspecified atom stereocenters. The Morgan fingerprint density at radius 3 is 2.71 bits per heavy atom. The number of rotatable bonds is 5. The van der Waals surface area contributed by atoms with E-state index in [1.54, 1.807) is 6.07 Å². The lowest BCUT2D eigenvalue weighted by molar-refractivity contribution is 0.1000. The van der Waals surface area contributed by atoms with Gasteiger partial charge in [-0.15, -0.1) is 0 Å². The third kappa shape index (κ3) is 3.83. The molecule has 1 fully saturated rings. The number of nitrogens with two attached hydrogens (primary N) is 1. The number of primary amides is 1. The number of carbonyl (C=O) groups is 1. The Bertz CT molecular complexity index is 696. The van der Waals surface area contributed by atoms with Crippen molar-refractivity contribution in [3.63, 3.8) is 0 Å². The smallest absolute Gasteiger partial charge is 0.248 e. The lowest BCUT2D eigenvalue weighted by Gasteiger charge is -2.36. The number of hydrogen-bond acceptors (Lipinski definition) is 3. The summed E-state index contributed by atoms with van der Waals surface area (Å²) in [6, 6.07) is 16.9. The molecule has 2 aromatic rings. The molecule has 1 aliphatic rings. The van der Waals surface area contributed by atoms with Crippen LogP contribution in [0.3, 0.4) is 0 Å². The molecule has 4 heteroatoms. The van der Waals surface area contributed by atoms with E-state index >= 15 is 0 Å². The Kier molecular flexibility index (Phi) is 5.28. The predicted octanol–water partition coefficient (Wildman–Crippen LogP) is 2.49. The van der Waals surface area contributed by atoms with Gasteiger partial charge in [-0.1, -0.05) is 43.3 Å². The molecule has 1 saturated heterocycles. The van der Waals surface area contributed by atoms with Gasteiger partial charge in [0.05, 0.1) is 0 Å². The summed E-state index contributed by atoms with van der Waals surface area (Å²) in [7, 11) is 0. The molecule has 24 heavy (non-hydrogen) atoms. The third-order valence-corrected chi connectivity index (χ3v) is 4.72. The van der Waals surface area contributed by atoms with Crippen LogP contribution < -0.4 is 11.1 Å². The van der Waals surface area contributed by atoms with Crippen LogP contribution in [0.25, 0.3) is 0 Å². The summed E-state index contributed by atoms with van der Waals surface area (Å²) in [5, 5.41) is 3.49. The van der Waals surface area contributed by atoms with Crippen molar-refractivity contribution in [3.8, 4) is 0 Å². The van der Waals surface area contributed by atoms with Crippen LogP contribution in [0, 0.1) is 0 Å². The van der Waals surface area contributed by atoms with Crippen LogP contribution in [-0.4, -0.2) is 30.4 Å². The molecule has 0 aliphatic carbocycles. The lowest BCUT2D eigenvalue weighted by atomic mass is 10.00. The summed E-state index contributed by atoms with van der Waals surface area (Å²) >= 11 is 0. The number of aryl methyl sites for hydroxylation is 1. The van der Waals surface area contributed by atoms with Crippen molar-refractivity contribution in [1.29, 1.82) is 0 Å². The zero-order chi connectivity index (χ0) is 16.9. The summed E-state index contributed by atoms with van der Waals surface area (Å²) < 4.78 is 0. The fourth-order valence-electron chi connectivity index (χ4n) is 3.30. The number of nitrogens with zero attached hydrogens (tertiary/aromatic N) is 1. The zero-order valence-electron chi connectivity index (χ0n) is 14.2. The standard InChI is InChI=1S/C20H25N3O/c1-2-15-6-8-17(9-7-15)19-13-22-10-11-23(19)14-16-4-3-5-18(12-16)20(21)24/h3-9,12,19,22H,2,10-11,13-14H2,1H3,(H2,21,24). The molecule has 1 atom stereocenters. The molecular weight excluding hydrogens is 298 g/mol. The fourth-order valence-corrected chi connectivity index (χ4v) is 3.30. The molecule has 2 aromatic carbocycles. The first-order valence-electron chi connectivity index (χ1n) is 8.59. The van der Waals surface area contributed by atoms with Gasteiger partial charge >= 0.3 is 0 Å². The van der Waals surface area contributed by atoms with E-state index in [9.17, 15) is 4.79 Å². The van der Waals surface area contributed by atoms with E-state index in [0.29, 0.717) is 11.6 Å². The Balaban J connectivity index is 1.79. The molecular formula is C20H25N3O. The van der Waals surface area contributed by atoms with Gasteiger partial charge in [0.1, 0.15) is 0 Å². The summed E-state index contributed by atoms with van der Waals surface area (Å²) in [5.74, 6) is -0.371. The maximum atomic E-state index is 11.4. The van der Waals surface area contributed by atoms with Crippen LogP contribution >= 0.6 is 0 Å². The van der Waals surface area contributed by atoms with Crippen LogP contribution in [0.5, 0.6) is 0 Å². The van der Waals surface area contributed by atoms with Crippen molar-refractivity contribution >= 4 is 5.91 Å². The van der Waals surface area contributed by atoms with Gasteiger partial charge in [-0.2, -0.15) is 0 Å². The molecule has 4 nitrogen and oxygen atoms in total. The van der Waals surface area contributed by atoms with Gasteiger partial charge in [-0.3, -0.25) is 9.69 Å². The third-order valence-electron chi connectivity index (χ3n) is 4.72. The molecule has 0 radical (unpaired) electrons. The second kappa shape index (κ2) is 7.60. The molecule has 1 aliphatic heterocycles. The van der Waals surface area contributed by atoms with Crippen molar-refractivity contribution in [3.05, 3.63) is 70.8 Å². The number of amides is 1. The highest BCUT2D eigenvalue weighted by Gasteiger charge is 2.23. The maximum absolute atomic E-state index is 11.4. The van der Waals surface area contributed by atoms with E-state index in [1.165, 1.54) is 11.1 Å². The summed E-state index contributed by atoms with van der Waals surface area (Å²) in [5.41, 5.74) is 9.80. The average molecular weight is 323 g/mol. The monoisotopic (exact) mass is 323 g/mol. The lowest BCUT2D eigenvalue weighted by Crippen LogP contribution is -2.45. The number of nitrogens with one attached hydrogen (secondary N) is 1. The molecule has 3 N–H and O–H groups in total. The molecule has 1 amide bonds. The molecule has 0 aromatic heterocycles. The first-order chi connectivity index (χ1) is 11.7. The van der Waals surface area contributed by atoms with E-state index in [4.69, 9.17) is 5.73 Å². The van der Waals surface area contributed by atoms with Crippen LogP contribution in [0.4, 0.5) is 0 Å². The number of piperazine rings is 1. The normalized spacial score (nSPS) is 18.5. The quantitative estimate of drug-likeness (QED) is 0.889. The summed E-state index contributed by atoms with van der Waals surface area (Å²) in [6.07, 6.45) is 1.06. The van der Waals surface area contributed by atoms with Gasteiger partial charge in [-0.05, 0) is 35.2 Å². The second-order valence-electron chi connectivity index (χ2n) is 6.35. The van der Waals surface area contributed by atoms with Crippen LogP contribution in [0.2, 0.25) is 0 Å².